The maximum Gasteiger partial charge on any atom is 0.408 e. The fourth-order valence-corrected chi connectivity index (χ4v) is 9.48. The van der Waals surface area contributed by atoms with Crippen LogP contribution in [0.1, 0.15) is 21.6 Å². The highest BCUT2D eigenvalue weighted by atomic mass is 32.1. The van der Waals surface area contributed by atoms with Crippen molar-refractivity contribution in [1.29, 1.82) is 0 Å². The average Bonchev–Trinajstić information content (AvgIpc) is 3.93. The van der Waals surface area contributed by atoms with Crippen molar-refractivity contribution < 1.29 is 23.9 Å². The van der Waals surface area contributed by atoms with Crippen LogP contribution >= 0.6 is 34.0 Å². The van der Waals surface area contributed by atoms with Crippen molar-refractivity contribution in [2.24, 2.45) is 0 Å². The molecule has 0 saturated carbocycles. The Morgan fingerprint density at radius 2 is 1.13 bits per heavy atom. The Bertz CT molecular complexity index is 2540. The number of hydrogen-bond acceptors (Lipinski definition) is 8. The Labute approximate surface area is 317 Å². The van der Waals surface area contributed by atoms with Gasteiger partial charge in [-0.2, -0.15) is 0 Å². The van der Waals surface area contributed by atoms with Gasteiger partial charge in [0.25, 0.3) is 0 Å². The second-order valence-electron chi connectivity index (χ2n) is 12.7. The van der Waals surface area contributed by atoms with E-state index >= 15 is 0 Å². The smallest absolute Gasteiger partial charge is 0.408 e. The molecule has 0 fully saturated rings. The van der Waals surface area contributed by atoms with Crippen LogP contribution in [0.4, 0.5) is 4.79 Å². The summed E-state index contributed by atoms with van der Waals surface area (Å²) in [6.07, 6.45) is -0.318. The minimum atomic E-state index is -1.01. The van der Waals surface area contributed by atoms with Gasteiger partial charge in [-0.25, -0.2) is 9.59 Å². The topological polar surface area (TPSA) is 93.7 Å². The number of carbonyl (C=O) groups is 3. The van der Waals surface area contributed by atoms with Crippen molar-refractivity contribution in [3.05, 3.63) is 154 Å². The Hall–Kier alpha value is -5.55. The Kier molecular flexibility index (Phi) is 10.2. The van der Waals surface area contributed by atoms with Crippen LogP contribution in [0.5, 0.6) is 0 Å². The van der Waals surface area contributed by atoms with Gasteiger partial charge in [-0.1, -0.05) is 91.0 Å². The van der Waals surface area contributed by atoms with Gasteiger partial charge >= 0.3 is 12.1 Å². The molecule has 0 unspecified atom stereocenters. The molecule has 2 N–H and O–H groups in total. The zero-order valence-corrected chi connectivity index (χ0v) is 30.9. The highest BCUT2D eigenvalue weighted by Gasteiger charge is 2.29. The molecule has 2 atom stereocenters. The lowest BCUT2D eigenvalue weighted by Crippen LogP contribution is -2.53. The zero-order chi connectivity index (χ0) is 36.1. The van der Waals surface area contributed by atoms with E-state index in [4.69, 9.17) is 9.47 Å². The number of carbonyl (C=O) groups excluding carboxylic acids is 3. The molecule has 0 spiro atoms. The normalized spacial score (nSPS) is 12.5. The summed E-state index contributed by atoms with van der Waals surface area (Å²) in [4.78, 5) is 41.7. The SMILES string of the molecule is O=C(N[C@H](Cc1ccccc1)C(=O)N[C@H](Cc1ccccc1)C(=O)OCc1cc2c(ccc3sc4ccc5sccc5c4c32)s1)OCc1ccccc1. The number of ether oxygens (including phenoxy) is 2. The molecule has 264 valence electrons. The highest BCUT2D eigenvalue weighted by Crippen LogP contribution is 2.44. The number of hydrogen-bond donors (Lipinski definition) is 2. The van der Waals surface area contributed by atoms with Gasteiger partial charge in [-0.15, -0.1) is 34.0 Å². The molecule has 3 heterocycles. The zero-order valence-electron chi connectivity index (χ0n) is 28.5. The van der Waals surface area contributed by atoms with Gasteiger partial charge in [0.05, 0.1) is 0 Å². The molecule has 0 bridgehead atoms. The van der Waals surface area contributed by atoms with Crippen molar-refractivity contribution in [2.75, 3.05) is 0 Å². The number of nitrogens with one attached hydrogen (secondary N) is 2. The van der Waals surface area contributed by atoms with E-state index in [1.807, 2.05) is 91.0 Å². The summed E-state index contributed by atoms with van der Waals surface area (Å²) in [5.74, 6) is -1.08. The summed E-state index contributed by atoms with van der Waals surface area (Å²) in [7, 11) is 0. The van der Waals surface area contributed by atoms with E-state index in [0.29, 0.717) is 0 Å². The molecule has 8 rings (SSSR count). The Morgan fingerprint density at radius 3 is 1.81 bits per heavy atom. The van der Waals surface area contributed by atoms with Crippen LogP contribution in [0.3, 0.4) is 0 Å². The van der Waals surface area contributed by atoms with E-state index in [1.165, 1.54) is 30.3 Å². The molecule has 2 amide bonds. The molecular formula is C43H34N2O5S3. The molecule has 0 radical (unpaired) electrons. The van der Waals surface area contributed by atoms with Crippen molar-refractivity contribution in [1.82, 2.24) is 10.6 Å². The monoisotopic (exact) mass is 754 g/mol. The lowest BCUT2D eigenvalue weighted by atomic mass is 10.0. The molecule has 0 aliphatic rings. The summed E-state index contributed by atoms with van der Waals surface area (Å²) in [5, 5.41) is 12.7. The number of benzene rings is 5. The molecule has 5 aromatic carbocycles. The lowest BCUT2D eigenvalue weighted by molar-refractivity contribution is -0.149. The van der Waals surface area contributed by atoms with Crippen LogP contribution < -0.4 is 10.6 Å². The number of fused-ring (bicyclic) bond motifs is 7. The average molecular weight is 755 g/mol. The van der Waals surface area contributed by atoms with Gasteiger partial charge in [0.15, 0.2) is 0 Å². The van der Waals surface area contributed by atoms with Crippen molar-refractivity contribution in [3.8, 4) is 0 Å². The van der Waals surface area contributed by atoms with E-state index in [9.17, 15) is 14.4 Å². The number of alkyl carbamates (subject to hydrolysis) is 1. The van der Waals surface area contributed by atoms with Crippen LogP contribution in [0.15, 0.2) is 133 Å². The quantitative estimate of drug-likeness (QED) is 0.121. The minimum absolute atomic E-state index is 0.0551. The maximum atomic E-state index is 13.9. The van der Waals surface area contributed by atoms with Crippen LogP contribution in [0.2, 0.25) is 0 Å². The predicted octanol–water partition coefficient (Wildman–Crippen LogP) is 9.79. The fraction of sp³-hybridized carbons (Fsp3) is 0.140. The number of amides is 2. The fourth-order valence-electron chi connectivity index (χ4n) is 6.57. The Balaban J connectivity index is 1.02. The van der Waals surface area contributed by atoms with E-state index in [2.05, 4.69) is 52.4 Å². The summed E-state index contributed by atoms with van der Waals surface area (Å²) < 4.78 is 16.3. The van der Waals surface area contributed by atoms with E-state index < -0.39 is 30.1 Å². The molecule has 10 heteroatoms. The molecule has 0 aliphatic carbocycles. The first-order valence-electron chi connectivity index (χ1n) is 17.2. The second-order valence-corrected chi connectivity index (χ2v) is 15.9. The van der Waals surface area contributed by atoms with E-state index in [1.54, 1.807) is 34.0 Å². The number of thiophene rings is 3. The lowest BCUT2D eigenvalue weighted by Gasteiger charge is -2.23. The largest absolute Gasteiger partial charge is 0.458 e. The van der Waals surface area contributed by atoms with Crippen molar-refractivity contribution in [3.63, 3.8) is 0 Å². The van der Waals surface area contributed by atoms with Crippen LogP contribution in [-0.4, -0.2) is 30.1 Å². The standard InChI is InChI=1S/C43H34N2O5S3/c46-41(33(22-27-10-4-1-5-11-27)45-43(48)50-25-29-14-8-3-9-15-29)44-34(23-28-12-6-2-7-13-28)42(47)49-26-30-24-32-36(52-30)17-19-38-40(32)39-31-20-21-51-35(31)16-18-37(39)53-38/h1-21,24,33-34H,22-23,25-26H2,(H,44,46)(H,45,48)/t33-,34-/m1/s1. The Morgan fingerprint density at radius 1 is 0.547 bits per heavy atom. The van der Waals surface area contributed by atoms with Crippen LogP contribution in [-0.2, 0) is 45.1 Å². The molecule has 0 saturated heterocycles. The van der Waals surface area contributed by atoms with Crippen LogP contribution in [0, 0.1) is 0 Å². The predicted molar refractivity (Wildman–Crippen MR) is 216 cm³/mol. The van der Waals surface area contributed by atoms with Gasteiger partial charge in [-0.05, 0) is 58.5 Å². The number of rotatable bonds is 12. The minimum Gasteiger partial charge on any atom is -0.458 e. The van der Waals surface area contributed by atoms with Gasteiger partial charge < -0.3 is 20.1 Å². The molecule has 53 heavy (non-hydrogen) atoms. The van der Waals surface area contributed by atoms with E-state index in [0.717, 1.165) is 31.7 Å². The second kappa shape index (κ2) is 15.6. The maximum absolute atomic E-state index is 13.9. The molecule has 0 aliphatic heterocycles. The van der Waals surface area contributed by atoms with Gasteiger partial charge in [0.1, 0.15) is 25.3 Å². The third-order valence-corrected chi connectivity index (χ3v) is 12.2. The first-order valence-corrected chi connectivity index (χ1v) is 19.8. The van der Waals surface area contributed by atoms with E-state index in [-0.39, 0.29) is 26.1 Å². The van der Waals surface area contributed by atoms with Crippen molar-refractivity contribution in [2.45, 2.75) is 38.1 Å². The van der Waals surface area contributed by atoms with Gasteiger partial charge in [0, 0.05) is 58.1 Å². The first kappa shape index (κ1) is 34.5. The third-order valence-electron chi connectivity index (χ3n) is 9.12. The molecular weight excluding hydrogens is 721 g/mol. The summed E-state index contributed by atoms with van der Waals surface area (Å²) in [6.45, 7) is 0.119. The van der Waals surface area contributed by atoms with Gasteiger partial charge in [-0.3, -0.25) is 4.79 Å². The first-order chi connectivity index (χ1) is 26.0. The third kappa shape index (κ3) is 7.80. The summed E-state index contributed by atoms with van der Waals surface area (Å²) >= 11 is 5.13. The molecule has 7 nitrogen and oxygen atoms in total. The number of esters is 1. The molecule has 8 aromatic rings. The summed E-state index contributed by atoms with van der Waals surface area (Å²) in [6, 6.07) is 39.2. The molecule has 3 aromatic heterocycles. The highest BCUT2D eigenvalue weighted by molar-refractivity contribution is 7.27. The van der Waals surface area contributed by atoms with Crippen molar-refractivity contribution >= 4 is 92.3 Å². The summed E-state index contributed by atoms with van der Waals surface area (Å²) in [5.41, 5.74) is 2.52. The van der Waals surface area contributed by atoms with Crippen LogP contribution in [0.25, 0.3) is 40.3 Å². The van der Waals surface area contributed by atoms with Gasteiger partial charge in [0.2, 0.25) is 5.91 Å².